The topological polar surface area (TPSA) is 24.5 Å². The number of benzene rings is 2. The van der Waals surface area contributed by atoms with Crippen LogP contribution >= 0.6 is 0 Å². The smallest absolute Gasteiger partial charge is 0.119 e. The second kappa shape index (κ2) is 7.62. The lowest BCUT2D eigenvalue weighted by Crippen LogP contribution is -2.42. The van der Waals surface area contributed by atoms with Crippen LogP contribution in [-0.4, -0.2) is 37.7 Å². The van der Waals surface area contributed by atoms with Gasteiger partial charge in [0.15, 0.2) is 0 Å². The molecule has 1 N–H and O–H groups in total. The maximum Gasteiger partial charge on any atom is 0.119 e. The standard InChI is InChI=1S/C20H26N2O/c1-3-23-19-6-4-5-18(14-19)20-8-7-17(13-16(20)2)15-22-11-9-21-10-12-22/h4-8,13-14,21H,3,9-12,15H2,1-2H3. The Morgan fingerprint density at radius 3 is 2.65 bits per heavy atom. The van der Waals surface area contributed by atoms with Crippen molar-refractivity contribution >= 4 is 0 Å². The molecule has 1 saturated heterocycles. The Balaban J connectivity index is 1.77. The van der Waals surface area contributed by atoms with Gasteiger partial charge in [0, 0.05) is 32.7 Å². The molecule has 1 aliphatic rings. The number of nitrogens with one attached hydrogen (secondary N) is 1. The predicted molar refractivity (Wildman–Crippen MR) is 95.9 cm³/mol. The molecule has 3 rings (SSSR count). The average molecular weight is 310 g/mol. The molecule has 0 saturated carbocycles. The molecule has 0 amide bonds. The van der Waals surface area contributed by atoms with Gasteiger partial charge < -0.3 is 10.1 Å². The van der Waals surface area contributed by atoms with Crippen molar-refractivity contribution in [3.8, 4) is 16.9 Å². The van der Waals surface area contributed by atoms with Crippen LogP contribution in [0.4, 0.5) is 0 Å². The first kappa shape index (κ1) is 16.0. The fourth-order valence-corrected chi connectivity index (χ4v) is 3.20. The van der Waals surface area contributed by atoms with Crippen molar-refractivity contribution in [3.05, 3.63) is 53.6 Å². The molecule has 0 atom stereocenters. The summed E-state index contributed by atoms with van der Waals surface area (Å²) in [6.45, 7) is 10.4. The zero-order valence-corrected chi connectivity index (χ0v) is 14.1. The van der Waals surface area contributed by atoms with Crippen LogP contribution < -0.4 is 10.1 Å². The molecule has 0 aliphatic carbocycles. The Morgan fingerprint density at radius 2 is 1.91 bits per heavy atom. The second-order valence-electron chi connectivity index (χ2n) is 6.14. The van der Waals surface area contributed by atoms with Gasteiger partial charge in [0.05, 0.1) is 6.61 Å². The minimum atomic E-state index is 0.700. The average Bonchev–Trinajstić information content (AvgIpc) is 2.56. The molecule has 122 valence electrons. The number of rotatable bonds is 5. The minimum Gasteiger partial charge on any atom is -0.494 e. The van der Waals surface area contributed by atoms with Gasteiger partial charge in [0.2, 0.25) is 0 Å². The van der Waals surface area contributed by atoms with Crippen LogP contribution in [0.2, 0.25) is 0 Å². The van der Waals surface area contributed by atoms with E-state index in [9.17, 15) is 0 Å². The zero-order valence-electron chi connectivity index (χ0n) is 14.1. The summed E-state index contributed by atoms with van der Waals surface area (Å²) in [4.78, 5) is 2.51. The Kier molecular flexibility index (Phi) is 5.31. The molecule has 0 aromatic heterocycles. The minimum absolute atomic E-state index is 0.700. The number of ether oxygens (including phenoxy) is 1. The van der Waals surface area contributed by atoms with E-state index >= 15 is 0 Å². The Labute approximate surface area is 139 Å². The Morgan fingerprint density at radius 1 is 1.09 bits per heavy atom. The molecule has 1 fully saturated rings. The van der Waals surface area contributed by atoms with E-state index in [1.54, 1.807) is 0 Å². The molecule has 1 heterocycles. The lowest BCUT2D eigenvalue weighted by molar-refractivity contribution is 0.233. The van der Waals surface area contributed by atoms with Gasteiger partial charge in [-0.3, -0.25) is 4.90 Å². The van der Waals surface area contributed by atoms with Crippen LogP contribution in [0.25, 0.3) is 11.1 Å². The maximum absolute atomic E-state index is 5.62. The van der Waals surface area contributed by atoms with Crippen molar-refractivity contribution in [2.24, 2.45) is 0 Å². The number of hydrogen-bond acceptors (Lipinski definition) is 3. The highest BCUT2D eigenvalue weighted by Crippen LogP contribution is 2.27. The van der Waals surface area contributed by atoms with E-state index in [0.29, 0.717) is 6.61 Å². The van der Waals surface area contributed by atoms with Crippen molar-refractivity contribution in [1.82, 2.24) is 10.2 Å². The largest absolute Gasteiger partial charge is 0.494 e. The van der Waals surface area contributed by atoms with Crippen molar-refractivity contribution in [1.29, 1.82) is 0 Å². The van der Waals surface area contributed by atoms with Gasteiger partial charge in [-0.1, -0.05) is 30.3 Å². The number of piperazine rings is 1. The Hall–Kier alpha value is -1.84. The van der Waals surface area contributed by atoms with Gasteiger partial charge in [0.25, 0.3) is 0 Å². The lowest BCUT2D eigenvalue weighted by atomic mass is 9.98. The molecule has 2 aromatic rings. The molecule has 0 unspecified atom stereocenters. The van der Waals surface area contributed by atoms with E-state index in [1.165, 1.54) is 22.3 Å². The quantitative estimate of drug-likeness (QED) is 0.915. The number of aryl methyl sites for hydroxylation is 1. The summed E-state index contributed by atoms with van der Waals surface area (Å²) in [6, 6.07) is 15.2. The van der Waals surface area contributed by atoms with Crippen LogP contribution in [0, 0.1) is 6.92 Å². The van der Waals surface area contributed by atoms with E-state index in [0.717, 1.165) is 38.5 Å². The highest BCUT2D eigenvalue weighted by atomic mass is 16.5. The van der Waals surface area contributed by atoms with Crippen LogP contribution in [0.1, 0.15) is 18.1 Å². The van der Waals surface area contributed by atoms with Crippen molar-refractivity contribution in [3.63, 3.8) is 0 Å². The third-order valence-electron chi connectivity index (χ3n) is 4.36. The first-order valence-corrected chi connectivity index (χ1v) is 8.52. The SMILES string of the molecule is CCOc1cccc(-c2ccc(CN3CCNCC3)cc2C)c1. The molecule has 0 bridgehead atoms. The summed E-state index contributed by atoms with van der Waals surface area (Å²) in [5.41, 5.74) is 5.23. The Bertz CT molecular complexity index is 648. The van der Waals surface area contributed by atoms with Crippen LogP contribution in [0.5, 0.6) is 5.75 Å². The number of hydrogen-bond donors (Lipinski definition) is 1. The normalized spacial score (nSPS) is 15.6. The maximum atomic E-state index is 5.62. The first-order chi connectivity index (χ1) is 11.3. The molecule has 3 heteroatoms. The van der Waals surface area contributed by atoms with E-state index in [-0.39, 0.29) is 0 Å². The van der Waals surface area contributed by atoms with Gasteiger partial charge in [-0.15, -0.1) is 0 Å². The van der Waals surface area contributed by atoms with Crippen LogP contribution in [0.3, 0.4) is 0 Å². The molecule has 0 radical (unpaired) electrons. The summed E-state index contributed by atoms with van der Waals surface area (Å²) in [5.74, 6) is 0.939. The van der Waals surface area contributed by atoms with Crippen molar-refractivity contribution in [2.75, 3.05) is 32.8 Å². The van der Waals surface area contributed by atoms with Gasteiger partial charge in [-0.05, 0) is 48.2 Å². The van der Waals surface area contributed by atoms with Crippen molar-refractivity contribution in [2.45, 2.75) is 20.4 Å². The highest BCUT2D eigenvalue weighted by Gasteiger charge is 2.11. The molecule has 0 spiro atoms. The van der Waals surface area contributed by atoms with E-state index < -0.39 is 0 Å². The zero-order chi connectivity index (χ0) is 16.1. The summed E-state index contributed by atoms with van der Waals surface area (Å²) in [5, 5.41) is 3.40. The fraction of sp³-hybridized carbons (Fsp3) is 0.400. The summed E-state index contributed by atoms with van der Waals surface area (Å²) >= 11 is 0. The van der Waals surface area contributed by atoms with E-state index in [1.807, 2.05) is 13.0 Å². The fourth-order valence-electron chi connectivity index (χ4n) is 3.20. The molecule has 3 nitrogen and oxygen atoms in total. The second-order valence-corrected chi connectivity index (χ2v) is 6.14. The van der Waals surface area contributed by atoms with Gasteiger partial charge in [-0.2, -0.15) is 0 Å². The summed E-state index contributed by atoms with van der Waals surface area (Å²) in [7, 11) is 0. The highest BCUT2D eigenvalue weighted by molar-refractivity contribution is 5.68. The van der Waals surface area contributed by atoms with Gasteiger partial charge in [0.1, 0.15) is 5.75 Å². The first-order valence-electron chi connectivity index (χ1n) is 8.52. The molecular formula is C20H26N2O. The van der Waals surface area contributed by atoms with Gasteiger partial charge >= 0.3 is 0 Å². The summed E-state index contributed by atoms with van der Waals surface area (Å²) in [6.07, 6.45) is 0. The van der Waals surface area contributed by atoms with Crippen molar-refractivity contribution < 1.29 is 4.74 Å². The van der Waals surface area contributed by atoms with Gasteiger partial charge in [-0.25, -0.2) is 0 Å². The molecule has 2 aromatic carbocycles. The molecule has 23 heavy (non-hydrogen) atoms. The third-order valence-corrected chi connectivity index (χ3v) is 4.36. The van der Waals surface area contributed by atoms with E-state index in [2.05, 4.69) is 53.5 Å². The monoisotopic (exact) mass is 310 g/mol. The molecular weight excluding hydrogens is 284 g/mol. The lowest BCUT2D eigenvalue weighted by Gasteiger charge is -2.27. The van der Waals surface area contributed by atoms with Crippen LogP contribution in [-0.2, 0) is 6.54 Å². The van der Waals surface area contributed by atoms with Crippen LogP contribution in [0.15, 0.2) is 42.5 Å². The number of nitrogens with zero attached hydrogens (tertiary/aromatic N) is 1. The predicted octanol–water partition coefficient (Wildman–Crippen LogP) is 3.47. The van der Waals surface area contributed by atoms with E-state index in [4.69, 9.17) is 4.74 Å². The summed E-state index contributed by atoms with van der Waals surface area (Å²) < 4.78 is 5.62. The molecule has 1 aliphatic heterocycles. The third kappa shape index (κ3) is 4.12.